The number of carboxylic acid groups (broad SMARTS) is 1. The molecule has 0 unspecified atom stereocenters. The van der Waals surface area contributed by atoms with Gasteiger partial charge >= 0.3 is 12.1 Å². The lowest BCUT2D eigenvalue weighted by atomic mass is 9.80. The van der Waals surface area contributed by atoms with Crippen LogP contribution in [0.4, 0.5) is 13.2 Å². The summed E-state index contributed by atoms with van der Waals surface area (Å²) >= 11 is 0. The molecule has 10 heteroatoms. The SMILES string of the molecule is O=C(NC1CC(C(=O)O)C1)c1cn(-c2cccc(C(F)(F)F)c2)nn1. The van der Waals surface area contributed by atoms with E-state index in [2.05, 4.69) is 15.6 Å². The minimum Gasteiger partial charge on any atom is -0.481 e. The molecule has 3 rings (SSSR count). The zero-order valence-electron chi connectivity index (χ0n) is 12.7. The van der Waals surface area contributed by atoms with Gasteiger partial charge in [0.2, 0.25) is 0 Å². The number of nitrogens with zero attached hydrogens (tertiary/aromatic N) is 3. The van der Waals surface area contributed by atoms with Crippen molar-refractivity contribution in [3.63, 3.8) is 0 Å². The first kappa shape index (κ1) is 16.9. The Kier molecular flexibility index (Phi) is 4.19. The Morgan fingerprint density at radius 3 is 2.64 bits per heavy atom. The summed E-state index contributed by atoms with van der Waals surface area (Å²) in [6.07, 6.45) is -2.59. The van der Waals surface area contributed by atoms with Crippen LogP contribution in [0.2, 0.25) is 0 Å². The summed E-state index contributed by atoms with van der Waals surface area (Å²) in [4.78, 5) is 22.8. The number of benzene rings is 1. The molecule has 0 saturated heterocycles. The third-order valence-electron chi connectivity index (χ3n) is 3.99. The molecule has 1 fully saturated rings. The van der Waals surface area contributed by atoms with Crippen LogP contribution >= 0.6 is 0 Å². The number of carbonyl (C=O) groups excluding carboxylic acids is 1. The van der Waals surface area contributed by atoms with Crippen molar-refractivity contribution < 1.29 is 27.9 Å². The van der Waals surface area contributed by atoms with Gasteiger partial charge in [-0.3, -0.25) is 9.59 Å². The molecule has 1 heterocycles. The lowest BCUT2D eigenvalue weighted by Crippen LogP contribution is -2.46. The molecular formula is C15H13F3N4O3. The van der Waals surface area contributed by atoms with Crippen LogP contribution in [-0.2, 0) is 11.0 Å². The van der Waals surface area contributed by atoms with Crippen LogP contribution in [0.3, 0.4) is 0 Å². The third-order valence-corrected chi connectivity index (χ3v) is 3.99. The number of carbonyl (C=O) groups is 2. The second-order valence-electron chi connectivity index (χ2n) is 5.77. The number of carboxylic acids is 1. The molecule has 7 nitrogen and oxygen atoms in total. The number of hydrogen-bond donors (Lipinski definition) is 2. The summed E-state index contributed by atoms with van der Waals surface area (Å²) in [5.41, 5.74) is -0.771. The summed E-state index contributed by atoms with van der Waals surface area (Å²) in [5.74, 6) is -1.92. The van der Waals surface area contributed by atoms with Crippen LogP contribution in [0.25, 0.3) is 5.69 Å². The number of amides is 1. The van der Waals surface area contributed by atoms with Crippen molar-refractivity contribution in [1.29, 1.82) is 0 Å². The van der Waals surface area contributed by atoms with Gasteiger partial charge in [-0.25, -0.2) is 4.68 Å². The fraction of sp³-hybridized carbons (Fsp3) is 0.333. The quantitative estimate of drug-likeness (QED) is 0.874. The minimum atomic E-state index is -4.48. The van der Waals surface area contributed by atoms with Gasteiger partial charge in [-0.05, 0) is 31.0 Å². The van der Waals surface area contributed by atoms with E-state index in [0.29, 0.717) is 12.8 Å². The number of alkyl halides is 3. The monoisotopic (exact) mass is 354 g/mol. The van der Waals surface area contributed by atoms with Gasteiger partial charge < -0.3 is 10.4 Å². The van der Waals surface area contributed by atoms with Crippen LogP contribution in [0.15, 0.2) is 30.5 Å². The van der Waals surface area contributed by atoms with Gasteiger partial charge in [-0.15, -0.1) is 5.10 Å². The van der Waals surface area contributed by atoms with E-state index < -0.39 is 29.5 Å². The Balaban J connectivity index is 1.68. The predicted molar refractivity (Wildman–Crippen MR) is 78.0 cm³/mol. The topological polar surface area (TPSA) is 97.1 Å². The van der Waals surface area contributed by atoms with Gasteiger partial charge in [0.1, 0.15) is 0 Å². The number of rotatable bonds is 4. The number of halogens is 3. The number of nitrogens with one attached hydrogen (secondary N) is 1. The van der Waals surface area contributed by atoms with Gasteiger partial charge in [0.25, 0.3) is 5.91 Å². The predicted octanol–water partition coefficient (Wildman–Crippen LogP) is 1.88. The highest BCUT2D eigenvalue weighted by Crippen LogP contribution is 2.30. The molecule has 1 amide bonds. The molecule has 0 bridgehead atoms. The summed E-state index contributed by atoms with van der Waals surface area (Å²) in [6.45, 7) is 0. The van der Waals surface area contributed by atoms with Crippen molar-refractivity contribution in [3.8, 4) is 5.69 Å². The first-order valence-corrected chi connectivity index (χ1v) is 7.37. The molecule has 0 radical (unpaired) electrons. The van der Waals surface area contributed by atoms with Gasteiger partial charge in [-0.1, -0.05) is 11.3 Å². The normalized spacial score (nSPS) is 20.0. The molecule has 1 aromatic carbocycles. The van der Waals surface area contributed by atoms with Crippen molar-refractivity contribution in [1.82, 2.24) is 20.3 Å². The average Bonchev–Trinajstić information content (AvgIpc) is 2.99. The third kappa shape index (κ3) is 3.62. The molecule has 1 aromatic heterocycles. The fourth-order valence-corrected chi connectivity index (χ4v) is 2.52. The standard InChI is InChI=1S/C15H13F3N4O3/c16-15(17,18)9-2-1-3-11(6-9)22-7-12(20-21-22)13(23)19-10-4-8(5-10)14(24)25/h1-3,6-8,10H,4-5H2,(H,19,23)(H,24,25). The molecule has 2 N–H and O–H groups in total. The second kappa shape index (κ2) is 6.19. The maximum atomic E-state index is 12.7. The maximum Gasteiger partial charge on any atom is 0.416 e. The molecule has 25 heavy (non-hydrogen) atoms. The molecule has 1 aliphatic rings. The van der Waals surface area contributed by atoms with Crippen molar-refractivity contribution in [3.05, 3.63) is 41.7 Å². The Morgan fingerprint density at radius 1 is 1.28 bits per heavy atom. The van der Waals surface area contributed by atoms with Gasteiger partial charge in [0.15, 0.2) is 5.69 Å². The van der Waals surface area contributed by atoms with E-state index in [0.717, 1.165) is 16.8 Å². The van der Waals surface area contributed by atoms with Crippen LogP contribution in [0, 0.1) is 5.92 Å². The molecule has 2 aromatic rings. The fourth-order valence-electron chi connectivity index (χ4n) is 2.52. The Labute approximate surface area is 139 Å². The van der Waals surface area contributed by atoms with Gasteiger partial charge in [0, 0.05) is 6.04 Å². The zero-order chi connectivity index (χ0) is 18.2. The zero-order valence-corrected chi connectivity index (χ0v) is 12.7. The van der Waals surface area contributed by atoms with Gasteiger partial charge in [-0.2, -0.15) is 13.2 Å². The van der Waals surface area contributed by atoms with E-state index in [1.54, 1.807) is 0 Å². The lowest BCUT2D eigenvalue weighted by Gasteiger charge is -2.32. The summed E-state index contributed by atoms with van der Waals surface area (Å²) < 4.78 is 39.3. The Morgan fingerprint density at radius 2 is 2.00 bits per heavy atom. The van der Waals surface area contributed by atoms with Crippen LogP contribution in [0.5, 0.6) is 0 Å². The van der Waals surface area contributed by atoms with Crippen molar-refractivity contribution in [2.24, 2.45) is 5.92 Å². The summed E-state index contributed by atoms with van der Waals surface area (Å²) in [7, 11) is 0. The Hall–Kier alpha value is -2.91. The number of aliphatic carboxylic acids is 1. The second-order valence-corrected chi connectivity index (χ2v) is 5.77. The van der Waals surface area contributed by atoms with Crippen molar-refractivity contribution in [2.45, 2.75) is 25.1 Å². The van der Waals surface area contributed by atoms with Crippen LogP contribution < -0.4 is 5.32 Å². The molecule has 1 saturated carbocycles. The number of aromatic nitrogens is 3. The largest absolute Gasteiger partial charge is 0.481 e. The summed E-state index contributed by atoms with van der Waals surface area (Å²) in [6, 6.07) is 4.23. The Bertz CT molecular complexity index is 812. The smallest absolute Gasteiger partial charge is 0.416 e. The van der Waals surface area contributed by atoms with Gasteiger partial charge in [0.05, 0.1) is 23.4 Å². The van der Waals surface area contributed by atoms with Crippen LogP contribution in [-0.4, -0.2) is 38.0 Å². The van der Waals surface area contributed by atoms with E-state index in [1.807, 2.05) is 0 Å². The molecule has 0 spiro atoms. The van der Waals surface area contributed by atoms with E-state index in [9.17, 15) is 22.8 Å². The molecule has 132 valence electrons. The van der Waals surface area contributed by atoms with E-state index >= 15 is 0 Å². The molecule has 0 atom stereocenters. The van der Waals surface area contributed by atoms with E-state index in [1.165, 1.54) is 18.3 Å². The first-order chi connectivity index (χ1) is 11.7. The van der Waals surface area contributed by atoms with Crippen molar-refractivity contribution in [2.75, 3.05) is 0 Å². The van der Waals surface area contributed by atoms with E-state index in [-0.39, 0.29) is 17.4 Å². The highest BCUT2D eigenvalue weighted by atomic mass is 19.4. The highest BCUT2D eigenvalue weighted by Gasteiger charge is 2.35. The molecule has 0 aliphatic heterocycles. The van der Waals surface area contributed by atoms with E-state index in [4.69, 9.17) is 5.11 Å². The summed E-state index contributed by atoms with van der Waals surface area (Å²) in [5, 5.41) is 18.7. The highest BCUT2D eigenvalue weighted by molar-refractivity contribution is 5.92. The molecule has 1 aliphatic carbocycles. The first-order valence-electron chi connectivity index (χ1n) is 7.37. The lowest BCUT2D eigenvalue weighted by molar-refractivity contribution is -0.145. The average molecular weight is 354 g/mol. The number of hydrogen-bond acceptors (Lipinski definition) is 4. The maximum absolute atomic E-state index is 12.7. The van der Waals surface area contributed by atoms with Crippen molar-refractivity contribution >= 4 is 11.9 Å². The minimum absolute atomic E-state index is 0.0591. The molecular weight excluding hydrogens is 341 g/mol. The van der Waals surface area contributed by atoms with Crippen LogP contribution in [0.1, 0.15) is 28.9 Å².